The summed E-state index contributed by atoms with van der Waals surface area (Å²) in [5.74, 6) is 0.640. The van der Waals surface area contributed by atoms with E-state index in [2.05, 4.69) is 34.6 Å². The van der Waals surface area contributed by atoms with Gasteiger partial charge >= 0.3 is 0 Å². The minimum Gasteiger partial charge on any atom is -0.381 e. The lowest BCUT2D eigenvalue weighted by Gasteiger charge is -2.19. The molecule has 0 aromatic carbocycles. The molecule has 0 fully saturated rings. The van der Waals surface area contributed by atoms with E-state index in [1.807, 2.05) is 0 Å². The molecule has 0 aliphatic heterocycles. The Bertz CT molecular complexity index is 125. The van der Waals surface area contributed by atoms with Crippen molar-refractivity contribution in [3.05, 3.63) is 0 Å². The van der Waals surface area contributed by atoms with Crippen molar-refractivity contribution in [1.82, 2.24) is 0 Å². The van der Waals surface area contributed by atoms with Crippen LogP contribution in [0.2, 0.25) is 0 Å². The van der Waals surface area contributed by atoms with Gasteiger partial charge < -0.3 is 9.47 Å². The molecule has 0 heterocycles. The second-order valence-corrected chi connectivity index (χ2v) is 5.14. The molecule has 2 heteroatoms. The Labute approximate surface area is 89.0 Å². The Balaban J connectivity index is 3.07. The molecule has 0 N–H and O–H groups in total. The van der Waals surface area contributed by atoms with Crippen molar-refractivity contribution in [3.63, 3.8) is 0 Å². The van der Waals surface area contributed by atoms with Gasteiger partial charge in [0.15, 0.2) is 0 Å². The second-order valence-electron chi connectivity index (χ2n) is 5.14. The van der Waals surface area contributed by atoms with Crippen molar-refractivity contribution in [2.24, 2.45) is 5.92 Å². The molecule has 0 saturated carbocycles. The molecule has 0 spiro atoms. The zero-order chi connectivity index (χ0) is 11.0. The molecule has 0 bridgehead atoms. The Morgan fingerprint density at radius 2 is 1.57 bits per heavy atom. The maximum Gasteiger partial charge on any atom is 0.0598 e. The number of unbranched alkanes of at least 4 members (excludes halogenated alkanes) is 1. The summed E-state index contributed by atoms with van der Waals surface area (Å²) in [4.78, 5) is 0. The minimum absolute atomic E-state index is 0.00120. The average molecular weight is 202 g/mol. The van der Waals surface area contributed by atoms with E-state index in [0.717, 1.165) is 32.7 Å². The third-order valence-corrected chi connectivity index (χ3v) is 1.67. The van der Waals surface area contributed by atoms with E-state index < -0.39 is 0 Å². The summed E-state index contributed by atoms with van der Waals surface area (Å²) in [6.07, 6.45) is 2.19. The lowest BCUT2D eigenvalue weighted by molar-refractivity contribution is -0.00770. The Morgan fingerprint density at radius 1 is 1.00 bits per heavy atom. The average Bonchev–Trinajstić information content (AvgIpc) is 2.00. The van der Waals surface area contributed by atoms with Crippen LogP contribution in [-0.4, -0.2) is 25.4 Å². The molecule has 2 nitrogen and oxygen atoms in total. The molecule has 14 heavy (non-hydrogen) atoms. The first-order chi connectivity index (χ1) is 6.42. The highest BCUT2D eigenvalue weighted by molar-refractivity contribution is 4.58. The fourth-order valence-corrected chi connectivity index (χ4v) is 1.00. The summed E-state index contributed by atoms with van der Waals surface area (Å²) in [5, 5.41) is 0. The standard InChI is InChI=1S/C12H26O2/c1-11(2)10-13-8-6-7-9-14-12(3,4)5/h11H,6-10H2,1-5H3. The van der Waals surface area contributed by atoms with E-state index in [4.69, 9.17) is 9.47 Å². The maximum absolute atomic E-state index is 5.60. The van der Waals surface area contributed by atoms with Crippen LogP contribution in [0.4, 0.5) is 0 Å². The third kappa shape index (κ3) is 11.9. The van der Waals surface area contributed by atoms with Gasteiger partial charge in [-0.2, -0.15) is 0 Å². The van der Waals surface area contributed by atoms with E-state index >= 15 is 0 Å². The zero-order valence-electron chi connectivity index (χ0n) is 10.4. The minimum atomic E-state index is -0.00120. The molecule has 0 aromatic rings. The van der Waals surface area contributed by atoms with Crippen LogP contribution >= 0.6 is 0 Å². The van der Waals surface area contributed by atoms with Gasteiger partial charge in [0.1, 0.15) is 0 Å². The van der Waals surface area contributed by atoms with E-state index in [0.29, 0.717) is 5.92 Å². The molecule has 0 radical (unpaired) electrons. The fraction of sp³-hybridized carbons (Fsp3) is 1.00. The van der Waals surface area contributed by atoms with Crippen LogP contribution in [0, 0.1) is 5.92 Å². The zero-order valence-corrected chi connectivity index (χ0v) is 10.4. The van der Waals surface area contributed by atoms with Crippen molar-refractivity contribution in [3.8, 4) is 0 Å². The summed E-state index contributed by atoms with van der Waals surface area (Å²) >= 11 is 0. The highest BCUT2D eigenvalue weighted by Gasteiger charge is 2.08. The van der Waals surface area contributed by atoms with Gasteiger partial charge in [0.05, 0.1) is 5.60 Å². The fourth-order valence-electron chi connectivity index (χ4n) is 1.00. The molecule has 0 rings (SSSR count). The highest BCUT2D eigenvalue weighted by atomic mass is 16.5. The van der Waals surface area contributed by atoms with Gasteiger partial charge in [-0.1, -0.05) is 13.8 Å². The van der Waals surface area contributed by atoms with Gasteiger partial charge in [-0.3, -0.25) is 0 Å². The normalized spacial score (nSPS) is 12.4. The number of hydrogen-bond donors (Lipinski definition) is 0. The lowest BCUT2D eigenvalue weighted by Crippen LogP contribution is -2.19. The first-order valence-electron chi connectivity index (χ1n) is 5.63. The van der Waals surface area contributed by atoms with Crippen molar-refractivity contribution in [2.75, 3.05) is 19.8 Å². The van der Waals surface area contributed by atoms with Crippen molar-refractivity contribution in [1.29, 1.82) is 0 Å². The van der Waals surface area contributed by atoms with Crippen molar-refractivity contribution < 1.29 is 9.47 Å². The molecule has 0 unspecified atom stereocenters. The predicted octanol–water partition coefficient (Wildman–Crippen LogP) is 3.25. The molecule has 0 aliphatic carbocycles. The van der Waals surface area contributed by atoms with Crippen LogP contribution in [0.3, 0.4) is 0 Å². The van der Waals surface area contributed by atoms with E-state index in [-0.39, 0.29) is 5.60 Å². The molecular formula is C12H26O2. The Hall–Kier alpha value is -0.0800. The van der Waals surface area contributed by atoms with Crippen LogP contribution < -0.4 is 0 Å². The van der Waals surface area contributed by atoms with Crippen LogP contribution in [0.5, 0.6) is 0 Å². The number of hydrogen-bond acceptors (Lipinski definition) is 2. The molecule has 0 aromatic heterocycles. The summed E-state index contributed by atoms with van der Waals surface area (Å²) < 4.78 is 11.1. The van der Waals surface area contributed by atoms with Gasteiger partial charge in [-0.25, -0.2) is 0 Å². The summed E-state index contributed by atoms with van der Waals surface area (Å²) in [6.45, 7) is 13.2. The van der Waals surface area contributed by atoms with Gasteiger partial charge in [0, 0.05) is 19.8 Å². The van der Waals surface area contributed by atoms with E-state index in [1.165, 1.54) is 0 Å². The number of rotatable bonds is 7. The largest absolute Gasteiger partial charge is 0.381 e. The quantitative estimate of drug-likeness (QED) is 0.590. The molecule has 0 saturated heterocycles. The molecule has 0 amide bonds. The number of ether oxygens (including phenoxy) is 2. The maximum atomic E-state index is 5.60. The third-order valence-electron chi connectivity index (χ3n) is 1.67. The molecular weight excluding hydrogens is 176 g/mol. The first kappa shape index (κ1) is 13.9. The van der Waals surface area contributed by atoms with Gasteiger partial charge in [-0.05, 0) is 39.5 Å². The van der Waals surface area contributed by atoms with Gasteiger partial charge in [0.25, 0.3) is 0 Å². The lowest BCUT2D eigenvalue weighted by atomic mass is 10.2. The first-order valence-corrected chi connectivity index (χ1v) is 5.63. The van der Waals surface area contributed by atoms with Crippen molar-refractivity contribution in [2.45, 2.75) is 53.1 Å². The second kappa shape index (κ2) is 7.24. The molecule has 86 valence electrons. The monoisotopic (exact) mass is 202 g/mol. The van der Waals surface area contributed by atoms with Crippen LogP contribution in [0.1, 0.15) is 47.5 Å². The Kier molecular flexibility index (Phi) is 7.20. The molecule has 0 atom stereocenters. The van der Waals surface area contributed by atoms with Crippen molar-refractivity contribution >= 4 is 0 Å². The summed E-state index contributed by atoms with van der Waals surface area (Å²) in [5.41, 5.74) is -0.00120. The molecule has 0 aliphatic rings. The predicted molar refractivity (Wildman–Crippen MR) is 60.6 cm³/mol. The SMILES string of the molecule is CC(C)COCCCCOC(C)(C)C. The van der Waals surface area contributed by atoms with Crippen LogP contribution in [0.25, 0.3) is 0 Å². The van der Waals surface area contributed by atoms with Gasteiger partial charge in [0.2, 0.25) is 0 Å². The van der Waals surface area contributed by atoms with Crippen LogP contribution in [0.15, 0.2) is 0 Å². The van der Waals surface area contributed by atoms with E-state index in [9.17, 15) is 0 Å². The van der Waals surface area contributed by atoms with E-state index in [1.54, 1.807) is 0 Å². The Morgan fingerprint density at radius 3 is 2.07 bits per heavy atom. The summed E-state index contributed by atoms with van der Waals surface area (Å²) in [6, 6.07) is 0. The van der Waals surface area contributed by atoms with Crippen LogP contribution in [-0.2, 0) is 9.47 Å². The summed E-state index contributed by atoms with van der Waals surface area (Å²) in [7, 11) is 0. The van der Waals surface area contributed by atoms with Gasteiger partial charge in [-0.15, -0.1) is 0 Å². The topological polar surface area (TPSA) is 18.5 Å². The highest BCUT2D eigenvalue weighted by Crippen LogP contribution is 2.07. The smallest absolute Gasteiger partial charge is 0.0598 e.